The lowest BCUT2D eigenvalue weighted by molar-refractivity contribution is 1.06. The van der Waals surface area contributed by atoms with Crippen LogP contribution in [0.4, 0.5) is 0 Å². The van der Waals surface area contributed by atoms with Crippen LogP contribution in [0.1, 0.15) is 11.1 Å². The average Bonchev–Trinajstić information content (AvgIpc) is 2.05. The summed E-state index contributed by atoms with van der Waals surface area (Å²) in [6, 6.07) is 9.79. The number of hydrogen-bond acceptors (Lipinski definition) is 2. The topological polar surface area (TPSA) is 52.0 Å². The van der Waals surface area contributed by atoms with Gasteiger partial charge in [0.1, 0.15) is 0 Å². The van der Waals surface area contributed by atoms with Gasteiger partial charge in [-0.15, -0.1) is 0 Å². The number of rotatable bonds is 3. The highest BCUT2D eigenvalue weighted by Gasteiger charge is 1.92. The van der Waals surface area contributed by atoms with Crippen LogP contribution in [0.3, 0.4) is 0 Å². The molecule has 0 bridgehead atoms. The summed E-state index contributed by atoms with van der Waals surface area (Å²) in [6.07, 6.45) is 0.654. The molecule has 2 heteroatoms. The van der Waals surface area contributed by atoms with Crippen molar-refractivity contribution in [3.63, 3.8) is 0 Å². The van der Waals surface area contributed by atoms with Crippen LogP contribution in [-0.2, 0) is 13.0 Å². The SMILES string of the molecule is C=C(N)Cc1c#cc(CN)cc1. The maximum atomic E-state index is 5.44. The van der Waals surface area contributed by atoms with E-state index in [9.17, 15) is 0 Å². The van der Waals surface area contributed by atoms with Gasteiger partial charge in [-0.3, -0.25) is 0 Å². The van der Waals surface area contributed by atoms with E-state index in [-0.39, 0.29) is 0 Å². The number of nitrogens with two attached hydrogens (primary N) is 2. The molecule has 0 fully saturated rings. The molecule has 2 nitrogen and oxygen atoms in total. The van der Waals surface area contributed by atoms with Crippen LogP contribution in [0.2, 0.25) is 0 Å². The monoisotopic (exact) mass is 160 g/mol. The quantitative estimate of drug-likeness (QED) is 0.686. The smallest absolute Gasteiger partial charge is 0.0259 e. The lowest BCUT2D eigenvalue weighted by Crippen LogP contribution is -1.99. The van der Waals surface area contributed by atoms with Gasteiger partial charge in [0.25, 0.3) is 0 Å². The van der Waals surface area contributed by atoms with Gasteiger partial charge in [-0.2, -0.15) is 0 Å². The zero-order valence-corrected chi connectivity index (χ0v) is 6.93. The molecule has 1 rings (SSSR count). The van der Waals surface area contributed by atoms with Crippen LogP contribution >= 0.6 is 0 Å². The highest BCUT2D eigenvalue weighted by Crippen LogP contribution is 2.00. The van der Waals surface area contributed by atoms with E-state index in [4.69, 9.17) is 11.5 Å². The maximum absolute atomic E-state index is 5.44. The Morgan fingerprint density at radius 3 is 2.33 bits per heavy atom. The molecule has 0 aliphatic carbocycles. The van der Waals surface area contributed by atoms with E-state index in [1.807, 2.05) is 12.1 Å². The zero-order valence-electron chi connectivity index (χ0n) is 6.93. The first kappa shape index (κ1) is 8.63. The second-order valence-electron chi connectivity index (χ2n) is 2.67. The Kier molecular flexibility index (Phi) is 2.73. The highest BCUT2D eigenvalue weighted by atomic mass is 14.6. The third-order valence-electron chi connectivity index (χ3n) is 1.51. The van der Waals surface area contributed by atoms with Crippen LogP contribution in [0.15, 0.2) is 24.4 Å². The molecule has 0 radical (unpaired) electrons. The van der Waals surface area contributed by atoms with Crippen molar-refractivity contribution in [3.05, 3.63) is 47.7 Å². The molecule has 0 unspecified atom stereocenters. The first-order chi connectivity index (χ1) is 5.72. The molecule has 0 aliphatic heterocycles. The van der Waals surface area contributed by atoms with Crippen LogP contribution in [0.5, 0.6) is 0 Å². The molecule has 12 heavy (non-hydrogen) atoms. The Morgan fingerprint density at radius 2 is 1.92 bits per heavy atom. The van der Waals surface area contributed by atoms with Crippen molar-refractivity contribution in [3.8, 4) is 0 Å². The van der Waals surface area contributed by atoms with Crippen molar-refractivity contribution >= 4 is 0 Å². The molecule has 1 aromatic carbocycles. The largest absolute Gasteiger partial charge is 0.402 e. The Morgan fingerprint density at radius 1 is 1.33 bits per heavy atom. The zero-order chi connectivity index (χ0) is 8.97. The van der Waals surface area contributed by atoms with E-state index in [1.54, 1.807) is 0 Å². The normalized spacial score (nSPS) is 9.08. The lowest BCUT2D eigenvalue weighted by atomic mass is 10.1. The minimum Gasteiger partial charge on any atom is -0.402 e. The van der Waals surface area contributed by atoms with E-state index in [2.05, 4.69) is 18.7 Å². The Hall–Kier alpha value is -1.46. The molecule has 0 aromatic heterocycles. The Labute approximate surface area is 72.9 Å². The molecule has 4 N–H and O–H groups in total. The lowest BCUT2D eigenvalue weighted by Gasteiger charge is -1.96. The van der Waals surface area contributed by atoms with Crippen molar-refractivity contribution in [1.82, 2.24) is 0 Å². The van der Waals surface area contributed by atoms with Crippen LogP contribution in [0.25, 0.3) is 0 Å². The number of hydrogen-bond donors (Lipinski definition) is 2. The fourth-order valence-corrected chi connectivity index (χ4v) is 0.912. The van der Waals surface area contributed by atoms with Crippen molar-refractivity contribution < 1.29 is 0 Å². The predicted octanol–water partition coefficient (Wildman–Crippen LogP) is 0.761. The van der Waals surface area contributed by atoms with Gasteiger partial charge in [0.05, 0.1) is 0 Å². The van der Waals surface area contributed by atoms with Gasteiger partial charge in [0.15, 0.2) is 0 Å². The van der Waals surface area contributed by atoms with Crippen LogP contribution in [0, 0.1) is 12.1 Å². The van der Waals surface area contributed by atoms with Crippen LogP contribution < -0.4 is 11.5 Å². The predicted molar refractivity (Wildman–Crippen MR) is 49.0 cm³/mol. The number of allylic oxidation sites excluding steroid dienone is 1. The minimum atomic E-state index is 0.500. The molecule has 0 heterocycles. The summed E-state index contributed by atoms with van der Waals surface area (Å²) >= 11 is 0. The molecule has 0 amide bonds. The summed E-state index contributed by atoms with van der Waals surface area (Å²) in [4.78, 5) is 0. The van der Waals surface area contributed by atoms with E-state index in [0.717, 1.165) is 11.1 Å². The van der Waals surface area contributed by atoms with E-state index in [0.29, 0.717) is 18.7 Å². The third kappa shape index (κ3) is 2.30. The molecule has 0 atom stereocenters. The minimum absolute atomic E-state index is 0.500. The molecule has 0 aliphatic rings. The summed E-state index contributed by atoms with van der Waals surface area (Å²) in [6.45, 7) is 4.11. The van der Waals surface area contributed by atoms with Gasteiger partial charge in [-0.25, -0.2) is 0 Å². The molecule has 1 aromatic rings. The van der Waals surface area contributed by atoms with Crippen molar-refractivity contribution in [2.75, 3.05) is 0 Å². The second kappa shape index (κ2) is 3.80. The summed E-state index contributed by atoms with van der Waals surface area (Å²) in [7, 11) is 0. The van der Waals surface area contributed by atoms with Crippen LogP contribution in [-0.4, -0.2) is 0 Å². The van der Waals surface area contributed by atoms with Gasteiger partial charge in [0.2, 0.25) is 0 Å². The van der Waals surface area contributed by atoms with Crippen molar-refractivity contribution in [2.24, 2.45) is 11.5 Å². The van der Waals surface area contributed by atoms with Crippen molar-refractivity contribution in [2.45, 2.75) is 13.0 Å². The summed E-state index contributed by atoms with van der Waals surface area (Å²) in [5.74, 6) is 0. The Bertz CT molecular complexity index is 262. The van der Waals surface area contributed by atoms with Crippen molar-refractivity contribution in [1.29, 1.82) is 0 Å². The summed E-state index contributed by atoms with van der Waals surface area (Å²) in [5.41, 5.74) is 13.4. The molecule has 0 saturated carbocycles. The van der Waals surface area contributed by atoms with Gasteiger partial charge >= 0.3 is 0 Å². The highest BCUT2D eigenvalue weighted by molar-refractivity contribution is 5.18. The second-order valence-corrected chi connectivity index (χ2v) is 2.67. The van der Waals surface area contributed by atoms with Gasteiger partial charge in [-0.1, -0.05) is 18.7 Å². The molecular formula is C10H12N2. The third-order valence-corrected chi connectivity index (χ3v) is 1.51. The summed E-state index contributed by atoms with van der Waals surface area (Å²) in [5, 5.41) is 0. The van der Waals surface area contributed by atoms with Gasteiger partial charge < -0.3 is 11.5 Å². The fourth-order valence-electron chi connectivity index (χ4n) is 0.912. The standard InChI is InChI=1S/C10H12N2/c1-8(12)6-9-2-4-10(7-11)5-3-9/h2,4H,1,6-7,11-12H2. The fraction of sp³-hybridized carbons (Fsp3) is 0.200. The molecular weight excluding hydrogens is 148 g/mol. The first-order valence-electron chi connectivity index (χ1n) is 3.77. The Balaban J connectivity index is 2.71. The van der Waals surface area contributed by atoms with Gasteiger partial charge in [-0.05, 0) is 12.1 Å². The maximum Gasteiger partial charge on any atom is 0.0259 e. The van der Waals surface area contributed by atoms with E-state index >= 15 is 0 Å². The van der Waals surface area contributed by atoms with E-state index < -0.39 is 0 Å². The van der Waals surface area contributed by atoms with Gasteiger partial charge in [0, 0.05) is 29.8 Å². The molecule has 0 saturated heterocycles. The summed E-state index contributed by atoms with van der Waals surface area (Å²) < 4.78 is 0. The van der Waals surface area contributed by atoms with E-state index in [1.165, 1.54) is 0 Å². The molecule has 0 spiro atoms. The first-order valence-corrected chi connectivity index (χ1v) is 3.77. The molecule has 62 valence electrons. The average molecular weight is 160 g/mol.